The second-order valence-corrected chi connectivity index (χ2v) is 7.58. The maximum atomic E-state index is 12.4. The first kappa shape index (κ1) is 23.4. The minimum absolute atomic E-state index is 0.126. The molecule has 0 aliphatic carbocycles. The van der Waals surface area contributed by atoms with E-state index in [0.717, 1.165) is 0 Å². The van der Waals surface area contributed by atoms with Gasteiger partial charge in [-0.15, -0.1) is 0 Å². The Hall–Kier alpha value is -4.72. The molecule has 1 amide bonds. The van der Waals surface area contributed by atoms with Crippen molar-refractivity contribution in [1.82, 2.24) is 0 Å². The maximum Gasteiger partial charge on any atom is 0.363 e. The van der Waals surface area contributed by atoms with Gasteiger partial charge in [0.05, 0.1) is 7.11 Å². The average molecular weight is 470 g/mol. The standard InChI is InChI=1S/C27H22N2O6/c1-17(30)28-21-11-9-20(10-12-21)26-29-22(27(32)35-26)14-18-8-13-24(25(15-18)33-2)34-16-23(31)19-6-4-3-5-7-19/h3-15H,16H2,1-2H3,(H,28,30)/b22-14-. The second-order valence-electron chi connectivity index (χ2n) is 7.58. The Kier molecular flexibility index (Phi) is 7.02. The largest absolute Gasteiger partial charge is 0.493 e. The van der Waals surface area contributed by atoms with Gasteiger partial charge in [0.1, 0.15) is 0 Å². The van der Waals surface area contributed by atoms with Crippen LogP contribution >= 0.6 is 0 Å². The zero-order valence-electron chi connectivity index (χ0n) is 19.1. The summed E-state index contributed by atoms with van der Waals surface area (Å²) in [5, 5.41) is 2.67. The van der Waals surface area contributed by atoms with Crippen LogP contribution in [0.3, 0.4) is 0 Å². The number of carbonyl (C=O) groups excluding carboxylic acids is 3. The van der Waals surface area contributed by atoms with Gasteiger partial charge in [-0.3, -0.25) is 9.59 Å². The molecular formula is C27H22N2O6. The molecule has 0 spiro atoms. The van der Waals surface area contributed by atoms with E-state index in [1.165, 1.54) is 14.0 Å². The number of nitrogens with one attached hydrogen (secondary N) is 1. The number of hydrogen-bond donors (Lipinski definition) is 1. The Labute approximate surface area is 201 Å². The monoisotopic (exact) mass is 470 g/mol. The SMILES string of the molecule is COc1cc(/C=C2\N=C(c3ccc(NC(C)=O)cc3)OC2=O)ccc1OCC(=O)c1ccccc1. The van der Waals surface area contributed by atoms with Crippen molar-refractivity contribution in [2.75, 3.05) is 19.0 Å². The summed E-state index contributed by atoms with van der Waals surface area (Å²) < 4.78 is 16.4. The van der Waals surface area contributed by atoms with Crippen molar-refractivity contribution in [3.8, 4) is 11.5 Å². The van der Waals surface area contributed by atoms with E-state index in [9.17, 15) is 14.4 Å². The first-order valence-electron chi connectivity index (χ1n) is 10.7. The predicted octanol–water partition coefficient (Wildman–Crippen LogP) is 4.26. The molecule has 1 aliphatic rings. The minimum atomic E-state index is -0.585. The van der Waals surface area contributed by atoms with Crippen LogP contribution in [0.1, 0.15) is 28.4 Å². The van der Waals surface area contributed by atoms with Crippen molar-refractivity contribution in [3.63, 3.8) is 0 Å². The highest BCUT2D eigenvalue weighted by molar-refractivity contribution is 6.13. The second kappa shape index (κ2) is 10.5. The van der Waals surface area contributed by atoms with E-state index in [0.29, 0.717) is 33.9 Å². The lowest BCUT2D eigenvalue weighted by atomic mass is 10.1. The number of amides is 1. The summed E-state index contributed by atoms with van der Waals surface area (Å²) >= 11 is 0. The third-order valence-electron chi connectivity index (χ3n) is 5.02. The van der Waals surface area contributed by atoms with Crippen molar-refractivity contribution < 1.29 is 28.6 Å². The van der Waals surface area contributed by atoms with Crippen molar-refractivity contribution >= 4 is 35.3 Å². The highest BCUT2D eigenvalue weighted by atomic mass is 16.6. The summed E-state index contributed by atoms with van der Waals surface area (Å²) in [7, 11) is 1.49. The fourth-order valence-electron chi connectivity index (χ4n) is 3.33. The third-order valence-corrected chi connectivity index (χ3v) is 5.02. The number of aliphatic imine (C=N–C) groups is 1. The molecule has 0 fully saturated rings. The number of Topliss-reactive ketones (excluding diaryl/α,β-unsaturated/α-hetero) is 1. The first-order chi connectivity index (χ1) is 16.9. The van der Waals surface area contributed by atoms with E-state index in [4.69, 9.17) is 14.2 Å². The molecule has 0 radical (unpaired) electrons. The molecule has 35 heavy (non-hydrogen) atoms. The molecule has 0 saturated carbocycles. The summed E-state index contributed by atoms with van der Waals surface area (Å²) in [6.45, 7) is 1.28. The number of carbonyl (C=O) groups is 3. The van der Waals surface area contributed by atoms with Gasteiger partial charge < -0.3 is 19.5 Å². The number of nitrogens with zero attached hydrogens (tertiary/aromatic N) is 1. The van der Waals surface area contributed by atoms with Gasteiger partial charge in [0, 0.05) is 23.7 Å². The summed E-state index contributed by atoms with van der Waals surface area (Å²) in [6.07, 6.45) is 1.57. The lowest BCUT2D eigenvalue weighted by Gasteiger charge is -2.11. The molecule has 0 unspecified atom stereocenters. The molecule has 0 saturated heterocycles. The number of esters is 1. The molecular weight excluding hydrogens is 448 g/mol. The van der Waals surface area contributed by atoms with E-state index in [1.54, 1.807) is 72.8 Å². The topological polar surface area (TPSA) is 103 Å². The molecule has 1 heterocycles. The normalized spacial score (nSPS) is 13.7. The van der Waals surface area contributed by atoms with Crippen LogP contribution in [0.5, 0.6) is 11.5 Å². The van der Waals surface area contributed by atoms with Gasteiger partial charge in [-0.1, -0.05) is 36.4 Å². The van der Waals surface area contributed by atoms with E-state index in [2.05, 4.69) is 10.3 Å². The van der Waals surface area contributed by atoms with Crippen molar-refractivity contribution in [2.45, 2.75) is 6.92 Å². The molecule has 3 aromatic carbocycles. The van der Waals surface area contributed by atoms with Crippen molar-refractivity contribution in [2.24, 2.45) is 4.99 Å². The maximum absolute atomic E-state index is 12.4. The molecule has 8 heteroatoms. The Bertz CT molecular complexity index is 1330. The van der Waals surface area contributed by atoms with Gasteiger partial charge in [0.25, 0.3) is 0 Å². The van der Waals surface area contributed by atoms with Gasteiger partial charge in [-0.25, -0.2) is 9.79 Å². The Morgan fingerprint density at radius 2 is 1.74 bits per heavy atom. The van der Waals surface area contributed by atoms with E-state index in [1.807, 2.05) is 6.07 Å². The number of hydrogen-bond acceptors (Lipinski definition) is 7. The number of anilines is 1. The van der Waals surface area contributed by atoms with Crippen LogP contribution in [-0.4, -0.2) is 37.3 Å². The Morgan fingerprint density at radius 1 is 1.00 bits per heavy atom. The molecule has 0 aromatic heterocycles. The average Bonchev–Trinajstić information content (AvgIpc) is 3.23. The molecule has 3 aromatic rings. The Morgan fingerprint density at radius 3 is 2.43 bits per heavy atom. The zero-order valence-corrected chi connectivity index (χ0v) is 19.1. The van der Waals surface area contributed by atoms with Gasteiger partial charge in [0.2, 0.25) is 11.8 Å². The highest BCUT2D eigenvalue weighted by Crippen LogP contribution is 2.30. The van der Waals surface area contributed by atoms with Gasteiger partial charge in [-0.05, 0) is 48.0 Å². The predicted molar refractivity (Wildman–Crippen MR) is 131 cm³/mol. The number of ketones is 1. The fourth-order valence-corrected chi connectivity index (χ4v) is 3.33. The zero-order chi connectivity index (χ0) is 24.8. The summed E-state index contributed by atoms with van der Waals surface area (Å²) in [6, 6.07) is 20.7. The fraction of sp³-hybridized carbons (Fsp3) is 0.111. The van der Waals surface area contributed by atoms with E-state index in [-0.39, 0.29) is 29.9 Å². The van der Waals surface area contributed by atoms with Gasteiger partial charge in [-0.2, -0.15) is 0 Å². The first-order valence-corrected chi connectivity index (χ1v) is 10.7. The van der Waals surface area contributed by atoms with Crippen LogP contribution in [0.2, 0.25) is 0 Å². The molecule has 1 aliphatic heterocycles. The number of benzene rings is 3. The highest BCUT2D eigenvalue weighted by Gasteiger charge is 2.24. The molecule has 0 bridgehead atoms. The number of methoxy groups -OCH3 is 1. The number of ether oxygens (including phenoxy) is 3. The van der Waals surface area contributed by atoms with Crippen LogP contribution in [0, 0.1) is 0 Å². The molecule has 0 atom stereocenters. The number of cyclic esters (lactones) is 1. The lowest BCUT2D eigenvalue weighted by Crippen LogP contribution is -2.11. The lowest BCUT2D eigenvalue weighted by molar-refractivity contribution is -0.129. The smallest absolute Gasteiger partial charge is 0.363 e. The van der Waals surface area contributed by atoms with Crippen LogP contribution in [0.15, 0.2) is 83.5 Å². The van der Waals surface area contributed by atoms with Crippen LogP contribution in [0.25, 0.3) is 6.08 Å². The van der Waals surface area contributed by atoms with Crippen LogP contribution < -0.4 is 14.8 Å². The van der Waals surface area contributed by atoms with Gasteiger partial charge in [0.15, 0.2) is 29.6 Å². The summed E-state index contributed by atoms with van der Waals surface area (Å²) in [4.78, 5) is 40.1. The number of rotatable bonds is 8. The summed E-state index contributed by atoms with van der Waals surface area (Å²) in [5.74, 6) is 0.0585. The third kappa shape index (κ3) is 5.80. The molecule has 8 nitrogen and oxygen atoms in total. The molecule has 176 valence electrons. The van der Waals surface area contributed by atoms with Crippen LogP contribution in [0.4, 0.5) is 5.69 Å². The van der Waals surface area contributed by atoms with Gasteiger partial charge >= 0.3 is 5.97 Å². The van der Waals surface area contributed by atoms with Crippen molar-refractivity contribution in [1.29, 1.82) is 0 Å². The van der Waals surface area contributed by atoms with Crippen LogP contribution in [-0.2, 0) is 14.3 Å². The van der Waals surface area contributed by atoms with E-state index < -0.39 is 5.97 Å². The minimum Gasteiger partial charge on any atom is -0.493 e. The molecule has 1 N–H and O–H groups in total. The summed E-state index contributed by atoms with van der Waals surface area (Å²) in [5.41, 5.74) is 2.55. The quantitative estimate of drug-likeness (QED) is 0.300. The van der Waals surface area contributed by atoms with E-state index >= 15 is 0 Å². The molecule has 4 rings (SSSR count). The Balaban J connectivity index is 1.48. The van der Waals surface area contributed by atoms with Crippen molar-refractivity contribution in [3.05, 3.63) is 95.2 Å².